The molecule has 402 valence electrons. The summed E-state index contributed by atoms with van der Waals surface area (Å²) in [5, 5.41) is 0. The van der Waals surface area contributed by atoms with E-state index in [-0.39, 0.29) is 42.2 Å². The summed E-state index contributed by atoms with van der Waals surface area (Å²) in [6.07, 6.45) is -0.0128. The van der Waals surface area contributed by atoms with Gasteiger partial charge in [0.1, 0.15) is 18.2 Å². The number of anilines is 2. The van der Waals surface area contributed by atoms with Crippen LogP contribution in [0.15, 0.2) is 54.6 Å². The van der Waals surface area contributed by atoms with E-state index in [0.717, 1.165) is 59.7 Å². The van der Waals surface area contributed by atoms with Crippen molar-refractivity contribution in [3.8, 4) is 5.95 Å². The molecule has 2 aliphatic rings. The van der Waals surface area contributed by atoms with Gasteiger partial charge < -0.3 is 42.9 Å². The molecule has 2 amide bonds. The number of carbonyl (C=O) groups is 2. The number of rotatable bonds is 28. The predicted octanol–water partition coefficient (Wildman–Crippen LogP) is 4.44. The van der Waals surface area contributed by atoms with Gasteiger partial charge in [-0.2, -0.15) is 15.0 Å². The molecule has 2 aliphatic heterocycles. The first-order chi connectivity index (χ1) is 35.8. The number of hydrogen-bond acceptors (Lipinski definition) is 15. The molecule has 0 radical (unpaired) electrons. The zero-order valence-electron chi connectivity index (χ0n) is 42.7. The van der Waals surface area contributed by atoms with E-state index in [9.17, 15) is 22.8 Å². The molecule has 0 bridgehead atoms. The largest absolute Gasteiger partial charge is 0.379 e. The van der Waals surface area contributed by atoms with Crippen LogP contribution in [0, 0.1) is 27.9 Å². The van der Waals surface area contributed by atoms with Gasteiger partial charge in [0.25, 0.3) is 5.91 Å². The molecule has 1 N–H and O–H groups in total. The van der Waals surface area contributed by atoms with E-state index in [0.29, 0.717) is 127 Å². The third-order valence-corrected chi connectivity index (χ3v) is 13.5. The maximum Gasteiger partial charge on any atom is 0.275 e. The number of aromatic nitrogens is 5. The van der Waals surface area contributed by atoms with Crippen molar-refractivity contribution in [2.24, 2.45) is 0 Å². The highest BCUT2D eigenvalue weighted by Gasteiger charge is 2.27. The van der Waals surface area contributed by atoms with Crippen LogP contribution in [-0.4, -0.2) is 210 Å². The number of ether oxygens (including phenoxy) is 5. The molecule has 2 fully saturated rings. The summed E-state index contributed by atoms with van der Waals surface area (Å²) < 4.78 is 75.1. The molecule has 23 heteroatoms. The lowest BCUT2D eigenvalue weighted by molar-refractivity contribution is -0.890. The molecule has 74 heavy (non-hydrogen) atoms. The van der Waals surface area contributed by atoms with Gasteiger partial charge in [-0.3, -0.25) is 23.9 Å². The van der Waals surface area contributed by atoms with Crippen molar-refractivity contribution in [3.63, 3.8) is 0 Å². The number of nitrogens with one attached hydrogen (secondary N) is 1. The number of likely N-dealkylation sites (N-methyl/N-ethyl adjacent to an activating group) is 2. The number of halogens is 4. The van der Waals surface area contributed by atoms with E-state index in [1.54, 1.807) is 6.07 Å². The SMILES string of the molecule is Cc1nc2ccccc2n1-c1nc(N2CCOCC2)nc(N2CCN(C(=O)CCOCCOCCN(C)CC[N+](C)(C)CCOCCOCCONC(=O)c3ccc(F)c(F)c3Cc3ccc(I)cc3F)CC2)n1. The molecule has 4 heterocycles. The number of morpholine rings is 1. The van der Waals surface area contributed by atoms with Gasteiger partial charge in [0.2, 0.25) is 23.8 Å². The maximum atomic E-state index is 14.7. The van der Waals surface area contributed by atoms with Crippen LogP contribution in [0.5, 0.6) is 0 Å². The van der Waals surface area contributed by atoms with Gasteiger partial charge in [0, 0.05) is 73.5 Å². The number of amides is 2. The van der Waals surface area contributed by atoms with E-state index < -0.39 is 23.4 Å². The van der Waals surface area contributed by atoms with Crippen LogP contribution in [-0.2, 0) is 39.7 Å². The number of carbonyl (C=O) groups excluding carboxylic acids is 2. The Morgan fingerprint density at radius 2 is 1.38 bits per heavy atom. The number of aryl methyl sites for hydroxylation is 1. The first-order valence-corrected chi connectivity index (χ1v) is 26.0. The summed E-state index contributed by atoms with van der Waals surface area (Å²) >= 11 is 1.95. The van der Waals surface area contributed by atoms with E-state index in [2.05, 4.69) is 41.3 Å². The van der Waals surface area contributed by atoms with Crippen LogP contribution in [0.1, 0.15) is 33.7 Å². The van der Waals surface area contributed by atoms with Gasteiger partial charge in [-0.1, -0.05) is 18.2 Å². The Morgan fingerprint density at radius 3 is 2.11 bits per heavy atom. The minimum absolute atomic E-state index is 0.00661. The van der Waals surface area contributed by atoms with Crippen molar-refractivity contribution in [3.05, 3.63) is 98.1 Å². The number of quaternary nitrogens is 1. The van der Waals surface area contributed by atoms with Crippen molar-refractivity contribution >= 4 is 57.3 Å². The second-order valence-electron chi connectivity index (χ2n) is 18.7. The lowest BCUT2D eigenvalue weighted by Crippen LogP contribution is -2.49. The molecule has 5 aromatic rings. The van der Waals surface area contributed by atoms with Gasteiger partial charge >= 0.3 is 0 Å². The summed E-state index contributed by atoms with van der Waals surface area (Å²) in [5.74, 6) is -1.18. The summed E-state index contributed by atoms with van der Waals surface area (Å²) in [6.45, 7) is 13.4. The highest BCUT2D eigenvalue weighted by atomic mass is 127. The van der Waals surface area contributed by atoms with Crippen molar-refractivity contribution in [2.75, 3.05) is 169 Å². The predicted molar refractivity (Wildman–Crippen MR) is 280 cm³/mol. The molecule has 0 unspecified atom stereocenters. The minimum atomic E-state index is -1.22. The Labute approximate surface area is 443 Å². The highest BCUT2D eigenvalue weighted by Crippen LogP contribution is 2.25. The lowest BCUT2D eigenvalue weighted by Gasteiger charge is -2.35. The molecule has 0 aliphatic carbocycles. The van der Waals surface area contributed by atoms with Gasteiger partial charge in [-0.25, -0.2) is 23.6 Å². The first-order valence-electron chi connectivity index (χ1n) is 25.0. The Morgan fingerprint density at radius 1 is 0.730 bits per heavy atom. The Bertz CT molecular complexity index is 2620. The van der Waals surface area contributed by atoms with Gasteiger partial charge in [-0.15, -0.1) is 0 Å². The van der Waals surface area contributed by atoms with Crippen LogP contribution < -0.4 is 15.3 Å². The topological polar surface area (TPSA) is 171 Å². The summed E-state index contributed by atoms with van der Waals surface area (Å²) in [7, 11) is 6.38. The Balaban J connectivity index is 0.692. The Hall–Kier alpha value is -5.12. The number of piperazine rings is 1. The van der Waals surface area contributed by atoms with Gasteiger partial charge in [0.05, 0.1) is 111 Å². The Kier molecular flexibility index (Phi) is 21.5. The second kappa shape index (κ2) is 28.1. The molecule has 0 spiro atoms. The van der Waals surface area contributed by atoms with Crippen LogP contribution in [0.25, 0.3) is 17.0 Å². The average molecular weight is 1150 g/mol. The smallest absolute Gasteiger partial charge is 0.275 e. The fraction of sp³-hybridized carbons (Fsp3) is 0.529. The molecular weight excluding hydrogens is 1080 g/mol. The molecule has 19 nitrogen and oxygen atoms in total. The molecule has 2 saturated heterocycles. The molecule has 0 atom stereocenters. The van der Waals surface area contributed by atoms with Crippen LogP contribution in [0.2, 0.25) is 0 Å². The van der Waals surface area contributed by atoms with E-state index >= 15 is 0 Å². The average Bonchev–Trinajstić information content (AvgIpc) is 3.74. The quantitative estimate of drug-likeness (QED) is 0.0323. The third kappa shape index (κ3) is 16.4. The minimum Gasteiger partial charge on any atom is -0.379 e. The number of imidazole rings is 1. The van der Waals surface area contributed by atoms with E-state index in [1.165, 1.54) is 12.1 Å². The van der Waals surface area contributed by atoms with Crippen LogP contribution in [0.3, 0.4) is 0 Å². The number of benzene rings is 3. The third-order valence-electron chi connectivity index (χ3n) is 12.8. The van der Waals surface area contributed by atoms with Crippen LogP contribution in [0.4, 0.5) is 25.1 Å². The van der Waals surface area contributed by atoms with Gasteiger partial charge in [-0.05, 0) is 78.5 Å². The van der Waals surface area contributed by atoms with Crippen LogP contribution >= 0.6 is 22.6 Å². The number of para-hydroxylation sites is 2. The zero-order chi connectivity index (χ0) is 52.5. The fourth-order valence-corrected chi connectivity index (χ4v) is 8.76. The van der Waals surface area contributed by atoms with Crippen molar-refractivity contribution in [1.29, 1.82) is 0 Å². The zero-order valence-corrected chi connectivity index (χ0v) is 44.9. The number of nitrogens with zero attached hydrogens (tertiary/aromatic N) is 10. The van der Waals surface area contributed by atoms with Gasteiger partial charge in [0.15, 0.2) is 11.6 Å². The first kappa shape index (κ1) is 56.6. The number of fused-ring (bicyclic) bond motifs is 1. The van der Waals surface area contributed by atoms with E-state index in [1.807, 2.05) is 63.2 Å². The lowest BCUT2D eigenvalue weighted by atomic mass is 9.98. The summed E-state index contributed by atoms with van der Waals surface area (Å²) in [5.41, 5.74) is 3.72. The van der Waals surface area contributed by atoms with Crippen molar-refractivity contribution < 1.29 is 55.8 Å². The van der Waals surface area contributed by atoms with Crippen molar-refractivity contribution in [1.82, 2.24) is 39.8 Å². The molecule has 3 aromatic carbocycles. The van der Waals surface area contributed by atoms with Crippen molar-refractivity contribution in [2.45, 2.75) is 19.8 Å². The highest BCUT2D eigenvalue weighted by molar-refractivity contribution is 14.1. The fourth-order valence-electron chi connectivity index (χ4n) is 8.31. The molecular formula is C51H68F3IN11O8+. The standard InChI is InChI=1S/C51H67F3IN11O8/c1-37-56-44-7-5-6-8-45(44)65(37)51-58-49(57-50(59-51)64-20-26-70-27-21-64)63-16-14-62(15-17-63)46(67)13-24-69-29-30-71-25-19-61(2)18-22-66(3,4)23-28-72-31-32-73-33-34-74-60-48(68)40-11-12-42(52)47(54)41(40)35-38-9-10-39(55)36-43(38)53/h5-12,36H,13-35H2,1-4H3/p+1. The number of hydrogen-bond donors (Lipinski definition) is 1. The maximum absolute atomic E-state index is 14.7. The normalized spacial score (nSPS) is 14.4. The monoisotopic (exact) mass is 1150 g/mol. The molecule has 0 saturated carbocycles. The molecule has 2 aromatic heterocycles. The second-order valence-corrected chi connectivity index (χ2v) is 19.9. The summed E-state index contributed by atoms with van der Waals surface area (Å²) in [4.78, 5) is 58.9. The number of hydroxylamine groups is 1. The van der Waals surface area contributed by atoms with E-state index in [4.69, 9.17) is 48.5 Å². The summed E-state index contributed by atoms with van der Waals surface area (Å²) in [6, 6.07) is 14.3. The molecule has 7 rings (SSSR count).